The van der Waals surface area contributed by atoms with Gasteiger partial charge in [-0.25, -0.2) is 0 Å². The molecule has 0 radical (unpaired) electrons. The minimum absolute atomic E-state index is 0.0726. The van der Waals surface area contributed by atoms with E-state index >= 15 is 0 Å². The van der Waals surface area contributed by atoms with Crippen molar-refractivity contribution in [2.24, 2.45) is 0 Å². The number of hydrogen-bond acceptors (Lipinski definition) is 1. The zero-order valence-corrected chi connectivity index (χ0v) is 12.1. The first-order valence-electron chi connectivity index (χ1n) is 4.76. The van der Waals surface area contributed by atoms with Crippen LogP contribution in [0.2, 0.25) is 5.02 Å². The summed E-state index contributed by atoms with van der Waals surface area (Å²) in [6, 6.07) is 5.12. The predicted molar refractivity (Wildman–Crippen MR) is 71.4 cm³/mol. The van der Waals surface area contributed by atoms with Crippen molar-refractivity contribution < 1.29 is 4.79 Å². The first-order chi connectivity index (χ1) is 7.40. The van der Waals surface area contributed by atoms with Gasteiger partial charge in [0.05, 0.1) is 0 Å². The maximum atomic E-state index is 12.0. The number of benzene rings is 1. The molecule has 1 rings (SSSR count). The molecule has 0 heterocycles. The topological polar surface area (TPSA) is 20.3 Å². The second-order valence-electron chi connectivity index (χ2n) is 3.62. The van der Waals surface area contributed by atoms with E-state index in [-0.39, 0.29) is 11.3 Å². The molecule has 1 amide bonds. The lowest BCUT2D eigenvalue weighted by atomic mass is 10.2. The molecule has 0 aromatic heterocycles. The van der Waals surface area contributed by atoms with Crippen molar-refractivity contribution in [1.82, 2.24) is 4.90 Å². The minimum Gasteiger partial charge on any atom is -0.340 e. The van der Waals surface area contributed by atoms with Crippen LogP contribution in [0.25, 0.3) is 0 Å². The Morgan fingerprint density at radius 3 is 2.62 bits per heavy atom. The fraction of sp³-hybridized carbons (Fsp3) is 0.364. The van der Waals surface area contributed by atoms with E-state index in [0.717, 1.165) is 4.47 Å². The highest BCUT2D eigenvalue weighted by atomic mass is 79.9. The van der Waals surface area contributed by atoms with E-state index in [2.05, 4.69) is 15.9 Å². The lowest BCUT2D eigenvalue weighted by Gasteiger charge is -2.18. The van der Waals surface area contributed by atoms with E-state index in [9.17, 15) is 4.79 Å². The van der Waals surface area contributed by atoms with Crippen LogP contribution in [0.3, 0.4) is 0 Å². The van der Waals surface area contributed by atoms with Crippen molar-refractivity contribution in [2.75, 3.05) is 13.6 Å². The highest BCUT2D eigenvalue weighted by Crippen LogP contribution is 2.20. The summed E-state index contributed by atoms with van der Waals surface area (Å²) in [6.07, 6.45) is 0. The summed E-state index contributed by atoms with van der Waals surface area (Å²) >= 11 is 15.0. The standard InChI is InChI=1S/C11H12BrCl2NO/c1-7(13)6-15(2)11(16)8-3-9(12)5-10(14)4-8/h3-5,7H,6H2,1-2H3. The van der Waals surface area contributed by atoms with Gasteiger partial charge in [0.1, 0.15) is 0 Å². The lowest BCUT2D eigenvalue weighted by molar-refractivity contribution is 0.0796. The Bertz CT molecular complexity index is 375. The van der Waals surface area contributed by atoms with Crippen LogP contribution in [0.5, 0.6) is 0 Å². The summed E-state index contributed by atoms with van der Waals surface area (Å²) in [6.45, 7) is 2.35. The molecule has 1 aromatic carbocycles. The summed E-state index contributed by atoms with van der Waals surface area (Å²) in [4.78, 5) is 13.6. The van der Waals surface area contributed by atoms with E-state index in [1.165, 1.54) is 0 Å². The molecule has 0 aliphatic heterocycles. The number of alkyl halides is 1. The number of amides is 1. The van der Waals surface area contributed by atoms with Crippen molar-refractivity contribution in [3.8, 4) is 0 Å². The van der Waals surface area contributed by atoms with Gasteiger partial charge in [0, 0.05) is 34.0 Å². The largest absolute Gasteiger partial charge is 0.340 e. The van der Waals surface area contributed by atoms with E-state index < -0.39 is 0 Å². The highest BCUT2D eigenvalue weighted by molar-refractivity contribution is 9.10. The Morgan fingerprint density at radius 2 is 2.12 bits per heavy atom. The van der Waals surface area contributed by atoms with Crippen molar-refractivity contribution in [1.29, 1.82) is 0 Å². The molecule has 0 N–H and O–H groups in total. The minimum atomic E-state index is -0.0873. The van der Waals surface area contributed by atoms with E-state index in [4.69, 9.17) is 23.2 Å². The summed E-state index contributed by atoms with van der Waals surface area (Å²) in [5.74, 6) is -0.0873. The van der Waals surface area contributed by atoms with Gasteiger partial charge in [0.2, 0.25) is 0 Å². The SMILES string of the molecule is CC(Cl)CN(C)C(=O)c1cc(Cl)cc(Br)c1. The first-order valence-corrected chi connectivity index (χ1v) is 6.36. The Labute approximate surface area is 114 Å². The zero-order valence-electron chi connectivity index (χ0n) is 9.01. The van der Waals surface area contributed by atoms with Gasteiger partial charge in [-0.1, -0.05) is 27.5 Å². The molecule has 0 saturated heterocycles. The van der Waals surface area contributed by atoms with Crippen molar-refractivity contribution in [2.45, 2.75) is 12.3 Å². The van der Waals surface area contributed by atoms with E-state index in [1.54, 1.807) is 30.1 Å². The fourth-order valence-electron chi connectivity index (χ4n) is 1.36. The van der Waals surface area contributed by atoms with Gasteiger partial charge >= 0.3 is 0 Å². The number of rotatable bonds is 3. The molecule has 0 aliphatic carbocycles. The molecular weight excluding hydrogens is 313 g/mol. The van der Waals surface area contributed by atoms with Crippen molar-refractivity contribution >= 4 is 45.0 Å². The average Bonchev–Trinajstić information content (AvgIpc) is 2.13. The summed E-state index contributed by atoms with van der Waals surface area (Å²) < 4.78 is 0.788. The Kier molecular flexibility index (Phi) is 5.09. The molecule has 5 heteroatoms. The molecule has 0 saturated carbocycles. The van der Waals surface area contributed by atoms with Crippen LogP contribution in [0.4, 0.5) is 0 Å². The second-order valence-corrected chi connectivity index (χ2v) is 5.72. The number of halogens is 3. The summed E-state index contributed by atoms with van der Waals surface area (Å²) in [5, 5.41) is 0.460. The van der Waals surface area contributed by atoms with Gasteiger partial charge in [0.25, 0.3) is 5.91 Å². The van der Waals surface area contributed by atoms with E-state index in [1.807, 2.05) is 6.92 Å². The van der Waals surface area contributed by atoms with Gasteiger partial charge in [0.15, 0.2) is 0 Å². The number of hydrogen-bond donors (Lipinski definition) is 0. The van der Waals surface area contributed by atoms with Gasteiger partial charge in [-0.3, -0.25) is 4.79 Å². The second kappa shape index (κ2) is 5.89. The van der Waals surface area contributed by atoms with Gasteiger partial charge < -0.3 is 4.90 Å². The quantitative estimate of drug-likeness (QED) is 0.774. The van der Waals surface area contributed by atoms with E-state index in [0.29, 0.717) is 17.1 Å². The molecule has 1 atom stereocenters. The number of carbonyl (C=O) groups is 1. The smallest absolute Gasteiger partial charge is 0.253 e. The van der Waals surface area contributed by atoms with Crippen molar-refractivity contribution in [3.05, 3.63) is 33.3 Å². The van der Waals surface area contributed by atoms with Crippen LogP contribution >= 0.6 is 39.1 Å². The lowest BCUT2D eigenvalue weighted by Crippen LogP contribution is -2.31. The molecule has 0 spiro atoms. The van der Waals surface area contributed by atoms with Gasteiger partial charge in [-0.2, -0.15) is 0 Å². The monoisotopic (exact) mass is 323 g/mol. The average molecular weight is 325 g/mol. The third-order valence-electron chi connectivity index (χ3n) is 1.98. The summed E-state index contributed by atoms with van der Waals surface area (Å²) in [5.41, 5.74) is 0.555. The van der Waals surface area contributed by atoms with Crippen LogP contribution in [0.1, 0.15) is 17.3 Å². The molecular formula is C11H12BrCl2NO. The van der Waals surface area contributed by atoms with Crippen LogP contribution in [0.15, 0.2) is 22.7 Å². The third-order valence-corrected chi connectivity index (χ3v) is 2.80. The Balaban J connectivity index is 2.87. The zero-order chi connectivity index (χ0) is 12.3. The highest BCUT2D eigenvalue weighted by Gasteiger charge is 2.14. The molecule has 0 fully saturated rings. The first kappa shape index (κ1) is 13.8. The van der Waals surface area contributed by atoms with Crippen LogP contribution in [-0.2, 0) is 0 Å². The molecule has 0 bridgehead atoms. The van der Waals surface area contributed by atoms with Crippen molar-refractivity contribution in [3.63, 3.8) is 0 Å². The van der Waals surface area contributed by atoms with Crippen LogP contribution < -0.4 is 0 Å². The third kappa shape index (κ3) is 3.96. The van der Waals surface area contributed by atoms with Gasteiger partial charge in [-0.05, 0) is 25.1 Å². The molecule has 0 aliphatic rings. The molecule has 1 unspecified atom stereocenters. The molecule has 16 heavy (non-hydrogen) atoms. The molecule has 88 valence electrons. The fourth-order valence-corrected chi connectivity index (χ4v) is 2.43. The normalized spacial score (nSPS) is 12.3. The summed E-state index contributed by atoms with van der Waals surface area (Å²) in [7, 11) is 1.72. The number of nitrogens with zero attached hydrogens (tertiary/aromatic N) is 1. The maximum Gasteiger partial charge on any atom is 0.253 e. The Morgan fingerprint density at radius 1 is 1.50 bits per heavy atom. The predicted octanol–water partition coefficient (Wildman–Crippen LogP) is 3.80. The molecule has 1 aromatic rings. The van der Waals surface area contributed by atoms with Gasteiger partial charge in [-0.15, -0.1) is 11.6 Å². The number of carbonyl (C=O) groups excluding carboxylic acids is 1. The van der Waals surface area contributed by atoms with Crippen LogP contribution in [-0.4, -0.2) is 29.8 Å². The van der Waals surface area contributed by atoms with Crippen LogP contribution in [0, 0.1) is 0 Å². The Hall–Kier alpha value is -0.250. The maximum absolute atomic E-state index is 12.0. The molecule has 2 nitrogen and oxygen atoms in total.